The topological polar surface area (TPSA) is 101 Å². The molecule has 0 bridgehead atoms. The number of rotatable bonds is 5. The Balaban J connectivity index is 2.75. The molecule has 0 spiro atoms. The molecular formula is C17H18BrNO8. The zero-order valence-corrected chi connectivity index (χ0v) is 16.7. The molecule has 0 amide bonds. The van der Waals surface area contributed by atoms with Crippen molar-refractivity contribution in [3.8, 4) is 5.75 Å². The Labute approximate surface area is 163 Å². The van der Waals surface area contributed by atoms with Crippen LogP contribution in [0.15, 0.2) is 27.9 Å². The van der Waals surface area contributed by atoms with Gasteiger partial charge in [0.2, 0.25) is 0 Å². The molecule has 0 fully saturated rings. The van der Waals surface area contributed by atoms with Crippen LogP contribution in [0.4, 0.5) is 5.69 Å². The fourth-order valence-electron chi connectivity index (χ4n) is 2.53. The number of anilines is 1. The van der Waals surface area contributed by atoms with Crippen LogP contribution in [-0.2, 0) is 28.5 Å². The van der Waals surface area contributed by atoms with E-state index >= 15 is 0 Å². The SMILES string of the molecule is COC(=O)C1=C(C(=O)OC)N(c2cc(OC)c(Br)cc2C(=O)OC)COC1. The molecule has 1 aromatic rings. The van der Waals surface area contributed by atoms with Gasteiger partial charge >= 0.3 is 17.9 Å². The lowest BCUT2D eigenvalue weighted by Crippen LogP contribution is -2.39. The van der Waals surface area contributed by atoms with Gasteiger partial charge in [-0.15, -0.1) is 0 Å². The fourth-order valence-corrected chi connectivity index (χ4v) is 3.03. The third-order valence-electron chi connectivity index (χ3n) is 3.80. The van der Waals surface area contributed by atoms with Crippen LogP contribution in [0.25, 0.3) is 0 Å². The first-order chi connectivity index (χ1) is 12.9. The minimum atomic E-state index is -0.781. The summed E-state index contributed by atoms with van der Waals surface area (Å²) >= 11 is 3.31. The van der Waals surface area contributed by atoms with Crippen molar-refractivity contribution in [2.45, 2.75) is 0 Å². The second-order valence-corrected chi connectivity index (χ2v) is 6.07. The number of hydrogen-bond donors (Lipinski definition) is 0. The van der Waals surface area contributed by atoms with Crippen molar-refractivity contribution >= 4 is 39.5 Å². The van der Waals surface area contributed by atoms with E-state index in [0.717, 1.165) is 0 Å². The van der Waals surface area contributed by atoms with Gasteiger partial charge in [0.1, 0.15) is 18.2 Å². The minimum absolute atomic E-state index is 0.0340. The summed E-state index contributed by atoms with van der Waals surface area (Å²) in [5.74, 6) is -1.78. The normalized spacial score (nSPS) is 13.9. The van der Waals surface area contributed by atoms with E-state index in [4.69, 9.17) is 23.7 Å². The van der Waals surface area contributed by atoms with Gasteiger partial charge in [0.15, 0.2) is 0 Å². The van der Waals surface area contributed by atoms with Crippen LogP contribution in [-0.4, -0.2) is 59.7 Å². The Bertz CT molecular complexity index is 804. The van der Waals surface area contributed by atoms with E-state index in [2.05, 4.69) is 15.9 Å². The number of methoxy groups -OCH3 is 4. The van der Waals surface area contributed by atoms with E-state index in [1.807, 2.05) is 0 Å². The maximum Gasteiger partial charge on any atom is 0.355 e. The second kappa shape index (κ2) is 8.87. The molecule has 1 aliphatic rings. The number of halogens is 1. The molecule has 0 unspecified atom stereocenters. The van der Waals surface area contributed by atoms with Crippen LogP contribution >= 0.6 is 15.9 Å². The van der Waals surface area contributed by atoms with E-state index in [1.54, 1.807) is 0 Å². The first-order valence-electron chi connectivity index (χ1n) is 7.60. The Morgan fingerprint density at radius 2 is 1.63 bits per heavy atom. The molecule has 1 aliphatic heterocycles. The van der Waals surface area contributed by atoms with Gasteiger partial charge in [-0.05, 0) is 22.0 Å². The summed E-state index contributed by atoms with van der Waals surface area (Å²) in [5, 5.41) is 0. The summed E-state index contributed by atoms with van der Waals surface area (Å²) in [6.45, 7) is -0.255. The second-order valence-electron chi connectivity index (χ2n) is 5.21. The largest absolute Gasteiger partial charge is 0.495 e. The summed E-state index contributed by atoms with van der Waals surface area (Å²) in [7, 11) is 5.05. The molecule has 27 heavy (non-hydrogen) atoms. The average molecular weight is 444 g/mol. The standard InChI is InChI=1S/C17H18BrNO8/c1-23-13-6-12(9(5-11(13)18)15(20)24-2)19-8-27-7-10(16(21)25-3)14(19)17(22)26-4/h5-6H,7-8H2,1-4H3. The number of esters is 3. The molecule has 0 N–H and O–H groups in total. The molecule has 2 rings (SSSR count). The molecular weight excluding hydrogens is 426 g/mol. The zero-order chi connectivity index (χ0) is 20.1. The van der Waals surface area contributed by atoms with Crippen LogP contribution in [0.1, 0.15) is 10.4 Å². The first-order valence-corrected chi connectivity index (χ1v) is 8.39. The quantitative estimate of drug-likeness (QED) is 0.496. The van der Waals surface area contributed by atoms with Crippen LogP contribution in [0, 0.1) is 0 Å². The lowest BCUT2D eigenvalue weighted by atomic mass is 10.1. The Kier molecular flexibility index (Phi) is 6.81. The summed E-state index contributed by atoms with van der Waals surface area (Å²) in [4.78, 5) is 38.1. The van der Waals surface area contributed by atoms with Crippen molar-refractivity contribution < 1.29 is 38.1 Å². The number of nitrogens with zero attached hydrogens (tertiary/aromatic N) is 1. The summed E-state index contributed by atoms with van der Waals surface area (Å²) in [6.07, 6.45) is 0. The van der Waals surface area contributed by atoms with Crippen molar-refractivity contribution in [2.24, 2.45) is 0 Å². The molecule has 0 saturated carbocycles. The predicted octanol–water partition coefficient (Wildman–Crippen LogP) is 1.64. The highest BCUT2D eigenvalue weighted by Gasteiger charge is 2.34. The molecule has 0 atom stereocenters. The average Bonchev–Trinajstić information content (AvgIpc) is 2.71. The van der Waals surface area contributed by atoms with Gasteiger partial charge in [0.25, 0.3) is 0 Å². The third kappa shape index (κ3) is 4.06. The highest BCUT2D eigenvalue weighted by atomic mass is 79.9. The maximum atomic E-state index is 12.4. The van der Waals surface area contributed by atoms with Gasteiger partial charge < -0.3 is 28.6 Å². The predicted molar refractivity (Wildman–Crippen MR) is 96.4 cm³/mol. The summed E-state index contributed by atoms with van der Waals surface area (Å²) < 4.78 is 25.6. The Morgan fingerprint density at radius 1 is 1.00 bits per heavy atom. The van der Waals surface area contributed by atoms with Gasteiger partial charge in [-0.2, -0.15) is 0 Å². The zero-order valence-electron chi connectivity index (χ0n) is 15.2. The summed E-state index contributed by atoms with van der Waals surface area (Å²) in [6, 6.07) is 3.00. The number of carbonyl (C=O) groups excluding carboxylic acids is 3. The van der Waals surface area contributed by atoms with Gasteiger partial charge in [-0.1, -0.05) is 0 Å². The van der Waals surface area contributed by atoms with E-state index in [1.165, 1.54) is 45.5 Å². The van der Waals surface area contributed by atoms with E-state index in [9.17, 15) is 14.4 Å². The van der Waals surface area contributed by atoms with Crippen LogP contribution in [0.5, 0.6) is 5.75 Å². The smallest absolute Gasteiger partial charge is 0.355 e. The highest BCUT2D eigenvalue weighted by Crippen LogP contribution is 2.37. The minimum Gasteiger partial charge on any atom is -0.495 e. The van der Waals surface area contributed by atoms with Crippen molar-refractivity contribution in [1.29, 1.82) is 0 Å². The molecule has 9 nitrogen and oxygen atoms in total. The molecule has 1 heterocycles. The van der Waals surface area contributed by atoms with E-state index in [-0.39, 0.29) is 35.9 Å². The Hall–Kier alpha value is -2.59. The lowest BCUT2D eigenvalue weighted by molar-refractivity contribution is -0.140. The molecule has 10 heteroatoms. The molecule has 1 aromatic carbocycles. The van der Waals surface area contributed by atoms with Crippen LogP contribution in [0.2, 0.25) is 0 Å². The van der Waals surface area contributed by atoms with Gasteiger partial charge in [-0.25, -0.2) is 14.4 Å². The van der Waals surface area contributed by atoms with Crippen molar-refractivity contribution in [3.05, 3.63) is 33.4 Å². The van der Waals surface area contributed by atoms with Crippen LogP contribution in [0.3, 0.4) is 0 Å². The third-order valence-corrected chi connectivity index (χ3v) is 4.42. The van der Waals surface area contributed by atoms with Crippen molar-refractivity contribution in [2.75, 3.05) is 46.7 Å². The molecule has 0 radical (unpaired) electrons. The van der Waals surface area contributed by atoms with Crippen molar-refractivity contribution in [1.82, 2.24) is 0 Å². The first kappa shape index (κ1) is 20.7. The highest BCUT2D eigenvalue weighted by molar-refractivity contribution is 9.10. The van der Waals surface area contributed by atoms with Crippen LogP contribution < -0.4 is 9.64 Å². The number of benzene rings is 1. The molecule has 0 aliphatic carbocycles. The number of ether oxygens (including phenoxy) is 5. The summed E-state index contributed by atoms with van der Waals surface area (Å²) in [5.41, 5.74) is 0.239. The van der Waals surface area contributed by atoms with Gasteiger partial charge in [0, 0.05) is 6.07 Å². The van der Waals surface area contributed by atoms with Gasteiger partial charge in [-0.3, -0.25) is 0 Å². The van der Waals surface area contributed by atoms with E-state index in [0.29, 0.717) is 10.2 Å². The molecule has 0 saturated heterocycles. The maximum absolute atomic E-state index is 12.4. The fraction of sp³-hybridized carbons (Fsp3) is 0.353. The number of carbonyl (C=O) groups is 3. The lowest BCUT2D eigenvalue weighted by Gasteiger charge is -2.32. The van der Waals surface area contributed by atoms with Crippen molar-refractivity contribution in [3.63, 3.8) is 0 Å². The Morgan fingerprint density at radius 3 is 2.19 bits per heavy atom. The number of hydrogen-bond acceptors (Lipinski definition) is 9. The van der Waals surface area contributed by atoms with E-state index < -0.39 is 17.9 Å². The monoisotopic (exact) mass is 443 g/mol. The molecule has 146 valence electrons. The molecule has 0 aromatic heterocycles. The van der Waals surface area contributed by atoms with Gasteiger partial charge in [0.05, 0.1) is 56.3 Å².